The minimum atomic E-state index is -0.159. The molecule has 2 nitrogen and oxygen atoms in total. The van der Waals surface area contributed by atoms with Crippen LogP contribution in [0.25, 0.3) is 0 Å². The molecule has 0 aliphatic rings. The van der Waals surface area contributed by atoms with Crippen LogP contribution in [-0.4, -0.2) is 12.0 Å². The van der Waals surface area contributed by atoms with E-state index in [-0.39, 0.29) is 11.9 Å². The number of aryl methyl sites for hydroxylation is 1. The highest BCUT2D eigenvalue weighted by Crippen LogP contribution is 2.26. The molecule has 4 heteroatoms. The Balaban J connectivity index is 2.23. The molecule has 0 amide bonds. The molecule has 0 aliphatic heterocycles. The van der Waals surface area contributed by atoms with Gasteiger partial charge in [0.05, 0.1) is 10.7 Å². The lowest BCUT2D eigenvalue weighted by Gasteiger charge is -2.07. The Morgan fingerprint density at radius 2 is 2.11 bits per heavy atom. The SMILES string of the molecule is CNC(C)c1sc(Cc2ccccc2F)nc1C. The Kier molecular flexibility index (Phi) is 4.09. The second-order valence-corrected chi connectivity index (χ2v) is 5.45. The number of nitrogens with zero attached hydrogens (tertiary/aromatic N) is 1. The predicted octanol–water partition coefficient (Wildman–Crippen LogP) is 3.46. The molecule has 0 bridgehead atoms. The minimum Gasteiger partial charge on any atom is -0.312 e. The van der Waals surface area contributed by atoms with Gasteiger partial charge >= 0.3 is 0 Å². The number of thiazole rings is 1. The van der Waals surface area contributed by atoms with Gasteiger partial charge in [0.1, 0.15) is 5.82 Å². The highest BCUT2D eigenvalue weighted by molar-refractivity contribution is 7.11. The summed E-state index contributed by atoms with van der Waals surface area (Å²) in [5.41, 5.74) is 1.74. The van der Waals surface area contributed by atoms with Crippen molar-refractivity contribution in [1.29, 1.82) is 0 Å². The third kappa shape index (κ3) is 2.76. The molecule has 1 atom stereocenters. The summed E-state index contributed by atoms with van der Waals surface area (Å²) >= 11 is 1.66. The number of benzene rings is 1. The van der Waals surface area contributed by atoms with Gasteiger partial charge < -0.3 is 5.32 Å². The topological polar surface area (TPSA) is 24.9 Å². The van der Waals surface area contributed by atoms with E-state index in [1.807, 2.05) is 26.1 Å². The second kappa shape index (κ2) is 5.59. The van der Waals surface area contributed by atoms with E-state index < -0.39 is 0 Å². The lowest BCUT2D eigenvalue weighted by Crippen LogP contribution is -2.11. The largest absolute Gasteiger partial charge is 0.312 e. The summed E-state index contributed by atoms with van der Waals surface area (Å²) in [6, 6.07) is 7.16. The number of halogens is 1. The van der Waals surface area contributed by atoms with Crippen molar-refractivity contribution < 1.29 is 4.39 Å². The van der Waals surface area contributed by atoms with Crippen LogP contribution in [0.2, 0.25) is 0 Å². The first-order valence-electron chi connectivity index (χ1n) is 5.98. The smallest absolute Gasteiger partial charge is 0.126 e. The van der Waals surface area contributed by atoms with Crippen LogP contribution in [0.5, 0.6) is 0 Å². The van der Waals surface area contributed by atoms with Gasteiger partial charge in [-0.1, -0.05) is 18.2 Å². The molecule has 0 spiro atoms. The Bertz CT molecular complexity index is 536. The standard InChI is InChI=1S/C14H17FN2S/c1-9(16-3)14-10(2)17-13(18-14)8-11-6-4-5-7-12(11)15/h4-7,9,16H,8H2,1-3H3. The van der Waals surface area contributed by atoms with Crippen LogP contribution in [-0.2, 0) is 6.42 Å². The van der Waals surface area contributed by atoms with E-state index in [0.29, 0.717) is 12.0 Å². The molecular weight excluding hydrogens is 247 g/mol. The summed E-state index contributed by atoms with van der Waals surface area (Å²) in [5.74, 6) is -0.159. The van der Waals surface area contributed by atoms with Crippen LogP contribution in [0, 0.1) is 12.7 Å². The van der Waals surface area contributed by atoms with E-state index >= 15 is 0 Å². The maximum absolute atomic E-state index is 13.6. The van der Waals surface area contributed by atoms with Crippen LogP contribution in [0.3, 0.4) is 0 Å². The quantitative estimate of drug-likeness (QED) is 0.914. The average Bonchev–Trinajstić information content (AvgIpc) is 2.72. The molecule has 2 aromatic rings. The van der Waals surface area contributed by atoms with E-state index in [2.05, 4.69) is 17.2 Å². The highest BCUT2D eigenvalue weighted by atomic mass is 32.1. The number of rotatable bonds is 4. The third-order valence-corrected chi connectivity index (χ3v) is 4.34. The van der Waals surface area contributed by atoms with Crippen LogP contribution in [0.4, 0.5) is 4.39 Å². The summed E-state index contributed by atoms with van der Waals surface area (Å²) in [6.07, 6.45) is 0.564. The molecule has 1 unspecified atom stereocenters. The van der Waals surface area contributed by atoms with Crippen LogP contribution in [0.15, 0.2) is 24.3 Å². The number of nitrogens with one attached hydrogen (secondary N) is 1. The Labute approximate surface area is 111 Å². The monoisotopic (exact) mass is 264 g/mol. The molecule has 0 saturated heterocycles. The van der Waals surface area contributed by atoms with Crippen molar-refractivity contribution in [3.63, 3.8) is 0 Å². The number of aromatic nitrogens is 1. The molecule has 1 N–H and O–H groups in total. The normalized spacial score (nSPS) is 12.7. The summed E-state index contributed by atoms with van der Waals surface area (Å²) in [6.45, 7) is 4.11. The predicted molar refractivity (Wildman–Crippen MR) is 73.5 cm³/mol. The third-order valence-electron chi connectivity index (χ3n) is 3.00. The summed E-state index contributed by atoms with van der Waals surface area (Å²) < 4.78 is 13.6. The van der Waals surface area contributed by atoms with Gasteiger partial charge in [-0.25, -0.2) is 9.37 Å². The van der Waals surface area contributed by atoms with Crippen molar-refractivity contribution in [3.8, 4) is 0 Å². The highest BCUT2D eigenvalue weighted by Gasteiger charge is 2.13. The van der Waals surface area contributed by atoms with Crippen LogP contribution < -0.4 is 5.32 Å². The van der Waals surface area contributed by atoms with Gasteiger partial charge in [0.25, 0.3) is 0 Å². The average molecular weight is 264 g/mol. The van der Waals surface area contributed by atoms with E-state index in [1.165, 1.54) is 10.9 Å². The van der Waals surface area contributed by atoms with E-state index in [4.69, 9.17) is 0 Å². The molecule has 0 aliphatic carbocycles. The zero-order chi connectivity index (χ0) is 13.1. The van der Waals surface area contributed by atoms with Crippen LogP contribution in [0.1, 0.15) is 34.1 Å². The van der Waals surface area contributed by atoms with E-state index in [1.54, 1.807) is 17.4 Å². The van der Waals surface area contributed by atoms with Crippen molar-refractivity contribution in [2.45, 2.75) is 26.3 Å². The number of hydrogen-bond donors (Lipinski definition) is 1. The first-order valence-corrected chi connectivity index (χ1v) is 6.80. The van der Waals surface area contributed by atoms with Crippen molar-refractivity contribution in [3.05, 3.63) is 51.2 Å². The Hall–Kier alpha value is -1.26. The molecular formula is C14H17FN2S. The summed E-state index contributed by atoms with van der Waals surface area (Å²) in [7, 11) is 1.93. The Morgan fingerprint density at radius 3 is 2.78 bits per heavy atom. The van der Waals surface area contributed by atoms with Gasteiger partial charge in [0.15, 0.2) is 0 Å². The maximum atomic E-state index is 13.6. The minimum absolute atomic E-state index is 0.159. The fraction of sp³-hybridized carbons (Fsp3) is 0.357. The van der Waals surface area contributed by atoms with E-state index in [9.17, 15) is 4.39 Å². The molecule has 96 valence electrons. The molecule has 1 heterocycles. The lowest BCUT2D eigenvalue weighted by molar-refractivity contribution is 0.614. The lowest BCUT2D eigenvalue weighted by atomic mass is 10.1. The van der Waals surface area contributed by atoms with Crippen molar-refractivity contribution in [2.24, 2.45) is 0 Å². The molecule has 18 heavy (non-hydrogen) atoms. The molecule has 1 aromatic heterocycles. The molecule has 0 fully saturated rings. The fourth-order valence-electron chi connectivity index (χ4n) is 1.88. The van der Waals surface area contributed by atoms with Gasteiger partial charge in [-0.2, -0.15) is 0 Å². The Morgan fingerprint density at radius 1 is 1.39 bits per heavy atom. The van der Waals surface area contributed by atoms with Crippen molar-refractivity contribution in [2.75, 3.05) is 7.05 Å². The molecule has 1 aromatic carbocycles. The zero-order valence-electron chi connectivity index (χ0n) is 10.8. The van der Waals surface area contributed by atoms with E-state index in [0.717, 1.165) is 10.7 Å². The first-order chi connectivity index (χ1) is 8.61. The summed E-state index contributed by atoms with van der Waals surface area (Å²) in [5, 5.41) is 4.17. The summed E-state index contributed by atoms with van der Waals surface area (Å²) in [4.78, 5) is 5.75. The van der Waals surface area contributed by atoms with Crippen molar-refractivity contribution >= 4 is 11.3 Å². The van der Waals surface area contributed by atoms with Crippen LogP contribution >= 0.6 is 11.3 Å². The van der Waals surface area contributed by atoms with Gasteiger partial charge in [0.2, 0.25) is 0 Å². The van der Waals surface area contributed by atoms with Gasteiger partial charge in [-0.05, 0) is 32.5 Å². The van der Waals surface area contributed by atoms with Gasteiger partial charge in [-0.15, -0.1) is 11.3 Å². The number of hydrogen-bond acceptors (Lipinski definition) is 3. The first kappa shape index (κ1) is 13.2. The zero-order valence-corrected chi connectivity index (χ0v) is 11.6. The second-order valence-electron chi connectivity index (χ2n) is 4.34. The molecule has 0 radical (unpaired) electrons. The fourth-order valence-corrected chi connectivity index (χ4v) is 3.03. The molecule has 0 saturated carbocycles. The van der Waals surface area contributed by atoms with Crippen molar-refractivity contribution in [1.82, 2.24) is 10.3 Å². The van der Waals surface area contributed by atoms with Gasteiger partial charge in [0, 0.05) is 17.3 Å². The van der Waals surface area contributed by atoms with Gasteiger partial charge in [-0.3, -0.25) is 0 Å². The maximum Gasteiger partial charge on any atom is 0.126 e. The molecule has 2 rings (SSSR count).